The molecular weight excluding hydrogens is 384 g/mol. The van der Waals surface area contributed by atoms with E-state index in [4.69, 9.17) is 15.7 Å². The number of benzene rings is 3. The summed E-state index contributed by atoms with van der Waals surface area (Å²) >= 11 is 0. The van der Waals surface area contributed by atoms with E-state index >= 15 is 0 Å². The third-order valence-electron chi connectivity index (χ3n) is 5.50. The lowest BCUT2D eigenvalue weighted by Crippen LogP contribution is -2.18. The van der Waals surface area contributed by atoms with E-state index in [0.717, 1.165) is 46.6 Å². The van der Waals surface area contributed by atoms with Crippen LogP contribution in [0.2, 0.25) is 0 Å². The first kappa shape index (κ1) is 19.0. The number of carbonyl (C=O) groups excluding carboxylic acids is 1. The molecule has 5 rings (SSSR count). The van der Waals surface area contributed by atoms with E-state index in [-0.39, 0.29) is 12.3 Å². The van der Waals surface area contributed by atoms with Gasteiger partial charge >= 0.3 is 0 Å². The number of nitrogens with two attached hydrogens (primary N) is 1. The summed E-state index contributed by atoms with van der Waals surface area (Å²) in [6.07, 6.45) is 1.90. The van der Waals surface area contributed by atoms with Gasteiger partial charge in [0.25, 0.3) is 0 Å². The lowest BCUT2D eigenvalue weighted by molar-refractivity contribution is -0.115. The topological polar surface area (TPSA) is 80.9 Å². The summed E-state index contributed by atoms with van der Waals surface area (Å²) in [6.45, 7) is 0. The summed E-state index contributed by atoms with van der Waals surface area (Å²) in [5.74, 6) is 0.395. The molecule has 0 spiro atoms. The van der Waals surface area contributed by atoms with Crippen molar-refractivity contribution < 1.29 is 4.79 Å². The number of aromatic nitrogens is 2. The van der Waals surface area contributed by atoms with Crippen molar-refractivity contribution in [3.8, 4) is 22.5 Å². The average Bonchev–Trinajstić information content (AvgIpc) is 2.79. The molecule has 31 heavy (non-hydrogen) atoms. The molecule has 1 heterocycles. The minimum Gasteiger partial charge on any atom is -0.399 e. The van der Waals surface area contributed by atoms with Gasteiger partial charge in [0.2, 0.25) is 5.91 Å². The maximum absolute atomic E-state index is 12.8. The molecule has 152 valence electrons. The van der Waals surface area contributed by atoms with Crippen LogP contribution in [-0.2, 0) is 24.1 Å². The summed E-state index contributed by atoms with van der Waals surface area (Å²) in [5.41, 5.74) is 13.3. The lowest BCUT2D eigenvalue weighted by Gasteiger charge is -2.21. The van der Waals surface area contributed by atoms with Crippen molar-refractivity contribution in [3.05, 3.63) is 95.7 Å². The Morgan fingerprint density at radius 2 is 1.61 bits per heavy atom. The second kappa shape index (κ2) is 8.03. The first-order valence-corrected chi connectivity index (χ1v) is 10.4. The molecule has 1 amide bonds. The zero-order valence-electron chi connectivity index (χ0n) is 17.0. The minimum absolute atomic E-state index is 0.110. The monoisotopic (exact) mass is 406 g/mol. The number of nitrogens with one attached hydrogen (secondary N) is 1. The van der Waals surface area contributed by atoms with Crippen LogP contribution in [0.25, 0.3) is 22.5 Å². The van der Waals surface area contributed by atoms with Gasteiger partial charge in [-0.3, -0.25) is 4.79 Å². The molecule has 0 saturated heterocycles. The van der Waals surface area contributed by atoms with Crippen LogP contribution < -0.4 is 11.1 Å². The van der Waals surface area contributed by atoms with Crippen molar-refractivity contribution in [2.75, 3.05) is 11.1 Å². The van der Waals surface area contributed by atoms with E-state index in [1.807, 2.05) is 78.9 Å². The van der Waals surface area contributed by atoms with Crippen molar-refractivity contribution in [3.63, 3.8) is 0 Å². The van der Waals surface area contributed by atoms with Crippen LogP contribution in [0.5, 0.6) is 0 Å². The van der Waals surface area contributed by atoms with Crippen LogP contribution in [0.15, 0.2) is 78.9 Å². The molecule has 3 aromatic carbocycles. The number of fused-ring (bicyclic) bond motifs is 3. The van der Waals surface area contributed by atoms with Crippen molar-refractivity contribution in [1.29, 1.82) is 0 Å². The van der Waals surface area contributed by atoms with Crippen LogP contribution in [0.3, 0.4) is 0 Å². The summed E-state index contributed by atoms with van der Waals surface area (Å²) in [6, 6.07) is 25.5. The van der Waals surface area contributed by atoms with Crippen LogP contribution in [0.1, 0.15) is 16.8 Å². The summed E-state index contributed by atoms with van der Waals surface area (Å²) in [7, 11) is 0. The van der Waals surface area contributed by atoms with E-state index in [0.29, 0.717) is 11.5 Å². The Hall–Kier alpha value is -3.99. The van der Waals surface area contributed by atoms with E-state index < -0.39 is 0 Å². The fraction of sp³-hybridized carbons (Fsp3) is 0.115. The van der Waals surface area contributed by atoms with Crippen molar-refractivity contribution in [1.82, 2.24) is 9.97 Å². The summed E-state index contributed by atoms with van der Waals surface area (Å²) < 4.78 is 0. The maximum Gasteiger partial charge on any atom is 0.230 e. The Kier molecular flexibility index (Phi) is 4.92. The fourth-order valence-corrected chi connectivity index (χ4v) is 4.01. The Morgan fingerprint density at radius 1 is 0.871 bits per heavy atom. The molecule has 5 nitrogen and oxygen atoms in total. The highest BCUT2D eigenvalue weighted by molar-refractivity contribution is 5.95. The molecule has 0 aliphatic heterocycles. The van der Waals surface area contributed by atoms with Gasteiger partial charge in [0.1, 0.15) is 5.69 Å². The molecule has 1 aromatic heterocycles. The molecule has 3 N–H and O–H groups in total. The molecule has 0 atom stereocenters. The van der Waals surface area contributed by atoms with E-state index in [1.165, 1.54) is 5.56 Å². The van der Waals surface area contributed by atoms with Gasteiger partial charge in [-0.2, -0.15) is 0 Å². The lowest BCUT2D eigenvalue weighted by atomic mass is 9.91. The number of aryl methyl sites for hydroxylation is 2. The zero-order chi connectivity index (χ0) is 21.2. The molecule has 0 fully saturated rings. The molecule has 1 aliphatic rings. The number of rotatable bonds is 4. The third-order valence-corrected chi connectivity index (χ3v) is 5.50. The third kappa shape index (κ3) is 3.90. The number of hydrogen-bond acceptors (Lipinski definition) is 4. The summed E-state index contributed by atoms with van der Waals surface area (Å²) in [5, 5.41) is 3.01. The molecule has 0 bridgehead atoms. The van der Waals surface area contributed by atoms with Crippen LogP contribution in [0.4, 0.5) is 11.5 Å². The number of anilines is 2. The number of nitrogen functional groups attached to an aromatic ring is 1. The van der Waals surface area contributed by atoms with Gasteiger partial charge in [-0.15, -0.1) is 0 Å². The average molecular weight is 406 g/mol. The van der Waals surface area contributed by atoms with Crippen LogP contribution in [-0.4, -0.2) is 15.9 Å². The van der Waals surface area contributed by atoms with Gasteiger partial charge in [0, 0.05) is 16.8 Å². The second-order valence-electron chi connectivity index (χ2n) is 7.71. The van der Waals surface area contributed by atoms with Gasteiger partial charge in [0.05, 0.1) is 17.8 Å². The highest BCUT2D eigenvalue weighted by atomic mass is 16.1. The standard InChI is InChI=1S/C26H22N4O/c27-20-12-13-21-19(16-20)11-14-22-25(21)30-24(18-9-5-2-6-10-18)26(28-22)29-23(31)15-17-7-3-1-4-8-17/h1-10,12-13,16H,11,14-15,27H2,(H,28,29,31). The molecular formula is C26H22N4O. The second-order valence-corrected chi connectivity index (χ2v) is 7.71. The number of nitrogens with zero attached hydrogens (tertiary/aromatic N) is 2. The van der Waals surface area contributed by atoms with Gasteiger partial charge in [-0.05, 0) is 36.1 Å². The Morgan fingerprint density at radius 3 is 2.39 bits per heavy atom. The molecule has 5 heteroatoms. The van der Waals surface area contributed by atoms with Crippen molar-refractivity contribution in [2.45, 2.75) is 19.3 Å². The Balaban J connectivity index is 1.56. The van der Waals surface area contributed by atoms with Crippen LogP contribution in [0, 0.1) is 0 Å². The largest absolute Gasteiger partial charge is 0.399 e. The van der Waals surface area contributed by atoms with Crippen molar-refractivity contribution in [2.24, 2.45) is 0 Å². The quantitative estimate of drug-likeness (QED) is 0.483. The van der Waals surface area contributed by atoms with E-state index in [2.05, 4.69) is 5.32 Å². The van der Waals surface area contributed by atoms with Gasteiger partial charge < -0.3 is 11.1 Å². The number of hydrogen-bond donors (Lipinski definition) is 2. The molecule has 1 aliphatic carbocycles. The first-order valence-electron chi connectivity index (χ1n) is 10.4. The Labute approximate surface area is 181 Å². The highest BCUT2D eigenvalue weighted by Crippen LogP contribution is 2.36. The predicted molar refractivity (Wildman–Crippen MR) is 124 cm³/mol. The molecule has 0 saturated carbocycles. The van der Waals surface area contributed by atoms with E-state index in [1.54, 1.807) is 0 Å². The smallest absolute Gasteiger partial charge is 0.230 e. The zero-order valence-corrected chi connectivity index (χ0v) is 17.0. The predicted octanol–water partition coefficient (Wildman–Crippen LogP) is 4.67. The van der Waals surface area contributed by atoms with Crippen LogP contribution >= 0.6 is 0 Å². The van der Waals surface area contributed by atoms with E-state index in [9.17, 15) is 4.79 Å². The highest BCUT2D eigenvalue weighted by Gasteiger charge is 2.23. The minimum atomic E-state index is -0.110. The van der Waals surface area contributed by atoms with Gasteiger partial charge in [-0.1, -0.05) is 66.7 Å². The number of carbonyl (C=O) groups is 1. The first-order chi connectivity index (χ1) is 15.2. The fourth-order valence-electron chi connectivity index (χ4n) is 4.01. The summed E-state index contributed by atoms with van der Waals surface area (Å²) in [4.78, 5) is 22.6. The van der Waals surface area contributed by atoms with Crippen molar-refractivity contribution >= 4 is 17.4 Å². The van der Waals surface area contributed by atoms with Gasteiger partial charge in [0.15, 0.2) is 5.82 Å². The molecule has 0 radical (unpaired) electrons. The normalized spacial score (nSPS) is 12.0. The molecule has 4 aromatic rings. The Bertz CT molecular complexity index is 1250. The SMILES string of the molecule is Nc1ccc2c(c1)CCc1nc(NC(=O)Cc3ccccc3)c(-c3ccccc3)nc1-2. The molecule has 0 unspecified atom stereocenters. The van der Waals surface area contributed by atoms with Gasteiger partial charge in [-0.25, -0.2) is 9.97 Å². The maximum atomic E-state index is 12.8. The number of amides is 1.